The first-order valence-corrected chi connectivity index (χ1v) is 13.1. The maximum absolute atomic E-state index is 12.1. The Hall–Kier alpha value is -6.09. The molecule has 0 fully saturated rings. The van der Waals surface area contributed by atoms with Crippen LogP contribution in [0.25, 0.3) is 5.65 Å². The number of nitrogens with zero attached hydrogens (tertiary/aromatic N) is 6. The summed E-state index contributed by atoms with van der Waals surface area (Å²) < 4.78 is 13.6. The van der Waals surface area contributed by atoms with E-state index < -0.39 is 0 Å². The Morgan fingerprint density at radius 2 is 1.91 bits per heavy atom. The second-order valence-corrected chi connectivity index (χ2v) is 9.61. The van der Waals surface area contributed by atoms with Gasteiger partial charge < -0.3 is 34.7 Å². The van der Waals surface area contributed by atoms with Crippen molar-refractivity contribution in [3.8, 4) is 23.3 Å². The van der Waals surface area contributed by atoms with E-state index in [-0.39, 0.29) is 17.4 Å². The van der Waals surface area contributed by atoms with E-state index in [0.29, 0.717) is 40.1 Å². The van der Waals surface area contributed by atoms with Gasteiger partial charge in [-0.05, 0) is 48.9 Å². The number of fused-ring (bicyclic) bond motifs is 1. The molecule has 216 valence electrons. The molecule has 0 aliphatic heterocycles. The summed E-state index contributed by atoms with van der Waals surface area (Å²) in [5.41, 5.74) is 4.39. The average molecular weight is 576 g/mol. The third kappa shape index (κ3) is 6.31. The standard InChI is InChI=1S/C31H29N9O3/c1-6-29(41)36-23-15-24(27(42-5)16-25(23)39(3)4)37-31-34-18-20(17-32)30(38-31)35-21-7-8-26(19(2)13-21)43-22-9-11-40-12-10-33-28(40)14-22/h6-16,18H,1H2,2-5H3,(H,36,41)(H2,34,35,37,38). The molecule has 12 nitrogen and oxygen atoms in total. The highest BCUT2D eigenvalue weighted by Crippen LogP contribution is 2.38. The van der Waals surface area contributed by atoms with Gasteiger partial charge in [0, 0.05) is 50.5 Å². The van der Waals surface area contributed by atoms with Crippen molar-refractivity contribution in [1.82, 2.24) is 19.4 Å². The quantitative estimate of drug-likeness (QED) is 0.175. The summed E-state index contributed by atoms with van der Waals surface area (Å²) >= 11 is 0. The fourth-order valence-electron chi connectivity index (χ4n) is 4.29. The van der Waals surface area contributed by atoms with E-state index in [2.05, 4.69) is 43.6 Å². The second kappa shape index (κ2) is 12.2. The molecule has 0 saturated heterocycles. The van der Waals surface area contributed by atoms with Gasteiger partial charge in [0.2, 0.25) is 11.9 Å². The van der Waals surface area contributed by atoms with Gasteiger partial charge in [-0.3, -0.25) is 4.79 Å². The molecule has 12 heteroatoms. The molecule has 1 amide bonds. The Morgan fingerprint density at radius 3 is 2.63 bits per heavy atom. The van der Waals surface area contributed by atoms with Crippen molar-refractivity contribution >= 4 is 46.1 Å². The molecule has 0 aliphatic carbocycles. The normalized spacial score (nSPS) is 10.5. The Kier molecular flexibility index (Phi) is 8.06. The van der Waals surface area contributed by atoms with Crippen LogP contribution in [-0.4, -0.2) is 46.5 Å². The number of pyridine rings is 1. The largest absolute Gasteiger partial charge is 0.494 e. The monoisotopic (exact) mass is 575 g/mol. The van der Waals surface area contributed by atoms with E-state index in [1.807, 2.05) is 73.0 Å². The highest BCUT2D eigenvalue weighted by Gasteiger charge is 2.16. The summed E-state index contributed by atoms with van der Waals surface area (Å²) in [6.07, 6.45) is 8.10. The minimum absolute atomic E-state index is 0.212. The number of ether oxygens (including phenoxy) is 2. The van der Waals surface area contributed by atoms with Crippen molar-refractivity contribution < 1.29 is 14.3 Å². The molecule has 0 atom stereocenters. The number of imidazole rings is 1. The summed E-state index contributed by atoms with van der Waals surface area (Å²) in [6.45, 7) is 5.45. The number of carbonyl (C=O) groups is 1. The van der Waals surface area contributed by atoms with Gasteiger partial charge in [0.05, 0.1) is 30.4 Å². The van der Waals surface area contributed by atoms with Crippen molar-refractivity contribution in [2.24, 2.45) is 0 Å². The number of hydrogen-bond acceptors (Lipinski definition) is 10. The first kappa shape index (κ1) is 28.4. The minimum Gasteiger partial charge on any atom is -0.494 e. The number of anilines is 6. The Bertz CT molecular complexity index is 1870. The number of aryl methyl sites for hydroxylation is 1. The van der Waals surface area contributed by atoms with Gasteiger partial charge in [-0.2, -0.15) is 10.2 Å². The van der Waals surface area contributed by atoms with E-state index in [1.54, 1.807) is 25.4 Å². The van der Waals surface area contributed by atoms with Crippen LogP contribution in [0.3, 0.4) is 0 Å². The lowest BCUT2D eigenvalue weighted by Crippen LogP contribution is -2.15. The van der Waals surface area contributed by atoms with Crippen LogP contribution >= 0.6 is 0 Å². The van der Waals surface area contributed by atoms with Crippen LogP contribution < -0.4 is 30.3 Å². The van der Waals surface area contributed by atoms with Gasteiger partial charge in [-0.25, -0.2) is 9.97 Å². The molecule has 0 aliphatic rings. The molecule has 5 rings (SSSR count). The second-order valence-electron chi connectivity index (χ2n) is 9.61. The molecule has 2 aromatic carbocycles. The molecule has 0 saturated carbocycles. The topological polar surface area (TPSA) is 142 Å². The van der Waals surface area contributed by atoms with Crippen LogP contribution in [0, 0.1) is 18.3 Å². The molecule has 0 unspecified atom stereocenters. The minimum atomic E-state index is -0.355. The van der Waals surface area contributed by atoms with Gasteiger partial charge >= 0.3 is 0 Å². The summed E-state index contributed by atoms with van der Waals surface area (Å²) in [5.74, 6) is 2.01. The predicted octanol–water partition coefficient (Wildman–Crippen LogP) is 5.78. The van der Waals surface area contributed by atoms with E-state index >= 15 is 0 Å². The summed E-state index contributed by atoms with van der Waals surface area (Å²) in [5, 5.41) is 18.9. The summed E-state index contributed by atoms with van der Waals surface area (Å²) in [6, 6.07) is 14.9. The zero-order valence-electron chi connectivity index (χ0n) is 24.0. The lowest BCUT2D eigenvalue weighted by molar-refractivity contribution is -0.111. The Morgan fingerprint density at radius 1 is 1.07 bits per heavy atom. The number of hydrogen-bond donors (Lipinski definition) is 3. The van der Waals surface area contributed by atoms with Gasteiger partial charge in [-0.15, -0.1) is 0 Å². The van der Waals surface area contributed by atoms with E-state index in [9.17, 15) is 10.1 Å². The van der Waals surface area contributed by atoms with Crippen molar-refractivity contribution in [3.63, 3.8) is 0 Å². The molecule has 0 radical (unpaired) electrons. The predicted molar refractivity (Wildman–Crippen MR) is 166 cm³/mol. The summed E-state index contributed by atoms with van der Waals surface area (Å²) in [4.78, 5) is 27.1. The number of methoxy groups -OCH3 is 1. The lowest BCUT2D eigenvalue weighted by Gasteiger charge is -2.21. The highest BCUT2D eigenvalue weighted by atomic mass is 16.5. The zero-order valence-corrected chi connectivity index (χ0v) is 24.0. The molecular formula is C31H29N9O3. The molecule has 0 bridgehead atoms. The maximum atomic E-state index is 12.1. The number of aromatic nitrogens is 4. The van der Waals surface area contributed by atoms with Crippen molar-refractivity contribution in [2.45, 2.75) is 6.92 Å². The number of amides is 1. The van der Waals surface area contributed by atoms with Crippen molar-refractivity contribution in [1.29, 1.82) is 5.26 Å². The van der Waals surface area contributed by atoms with Crippen LogP contribution in [-0.2, 0) is 4.79 Å². The fourth-order valence-corrected chi connectivity index (χ4v) is 4.29. The Labute approximate surface area is 248 Å². The third-order valence-electron chi connectivity index (χ3n) is 6.43. The maximum Gasteiger partial charge on any atom is 0.247 e. The molecule has 0 spiro atoms. The molecule has 3 N–H and O–H groups in total. The highest BCUT2D eigenvalue weighted by molar-refractivity contribution is 6.02. The first-order chi connectivity index (χ1) is 20.8. The lowest BCUT2D eigenvalue weighted by atomic mass is 10.2. The molecule has 43 heavy (non-hydrogen) atoms. The fraction of sp³-hybridized carbons (Fsp3) is 0.129. The van der Waals surface area contributed by atoms with E-state index in [4.69, 9.17) is 9.47 Å². The van der Waals surface area contributed by atoms with Crippen LogP contribution in [0.5, 0.6) is 17.2 Å². The molecule has 3 heterocycles. The Balaban J connectivity index is 1.39. The smallest absolute Gasteiger partial charge is 0.247 e. The number of nitriles is 1. The molecular weight excluding hydrogens is 546 g/mol. The zero-order chi connectivity index (χ0) is 30.5. The van der Waals surface area contributed by atoms with E-state index in [1.165, 1.54) is 12.3 Å². The van der Waals surface area contributed by atoms with Crippen LogP contribution in [0.1, 0.15) is 11.1 Å². The number of rotatable bonds is 10. The molecule has 3 aromatic heterocycles. The van der Waals surface area contributed by atoms with Gasteiger partial charge in [0.1, 0.15) is 34.5 Å². The summed E-state index contributed by atoms with van der Waals surface area (Å²) in [7, 11) is 5.25. The van der Waals surface area contributed by atoms with Crippen molar-refractivity contribution in [2.75, 3.05) is 42.1 Å². The van der Waals surface area contributed by atoms with Gasteiger partial charge in [0.25, 0.3) is 0 Å². The van der Waals surface area contributed by atoms with E-state index in [0.717, 1.165) is 16.9 Å². The van der Waals surface area contributed by atoms with Crippen LogP contribution in [0.4, 0.5) is 34.5 Å². The van der Waals surface area contributed by atoms with Gasteiger partial charge in [0.15, 0.2) is 5.82 Å². The first-order valence-electron chi connectivity index (χ1n) is 13.1. The van der Waals surface area contributed by atoms with Crippen molar-refractivity contribution in [3.05, 3.63) is 91.0 Å². The van der Waals surface area contributed by atoms with Crippen LogP contribution in [0.15, 0.2) is 79.9 Å². The average Bonchev–Trinajstić information content (AvgIpc) is 3.47. The number of nitrogens with one attached hydrogen (secondary N) is 3. The molecule has 5 aromatic rings. The number of carbonyl (C=O) groups excluding carboxylic acids is 1. The number of benzene rings is 2. The van der Waals surface area contributed by atoms with Gasteiger partial charge in [-0.1, -0.05) is 6.58 Å². The third-order valence-corrected chi connectivity index (χ3v) is 6.43. The SMILES string of the molecule is C=CC(=O)Nc1cc(Nc2ncc(C#N)c(Nc3ccc(Oc4ccn5ccnc5c4)c(C)c3)n2)c(OC)cc1N(C)C. The van der Waals surface area contributed by atoms with Crippen LogP contribution in [0.2, 0.25) is 0 Å².